The average Bonchev–Trinajstić information content (AvgIpc) is 3.07. The van der Waals surface area contributed by atoms with E-state index in [1.165, 1.54) is 4.31 Å². The van der Waals surface area contributed by atoms with Crippen LogP contribution in [0.5, 0.6) is 0 Å². The van der Waals surface area contributed by atoms with Gasteiger partial charge in [0.1, 0.15) is 12.6 Å². The molecule has 0 radical (unpaired) electrons. The summed E-state index contributed by atoms with van der Waals surface area (Å²) in [6.07, 6.45) is 5.38. The predicted molar refractivity (Wildman–Crippen MR) is 188 cm³/mol. The maximum absolute atomic E-state index is 14.7. The predicted octanol–water partition coefficient (Wildman–Crippen LogP) is 6.90. The normalized spacial score (nSPS) is 14.3. The Kier molecular flexibility index (Phi) is 11.1. The van der Waals surface area contributed by atoms with Crippen molar-refractivity contribution in [1.29, 1.82) is 0 Å². The van der Waals surface area contributed by atoms with E-state index in [0.29, 0.717) is 12.1 Å². The first-order chi connectivity index (χ1) is 22.6. The maximum atomic E-state index is 14.7. The Labute approximate surface area is 279 Å². The fourth-order valence-corrected chi connectivity index (χ4v) is 7.62. The van der Waals surface area contributed by atoms with Crippen LogP contribution in [0.4, 0.5) is 5.69 Å². The molecule has 0 spiro atoms. The van der Waals surface area contributed by atoms with Crippen molar-refractivity contribution in [2.75, 3.05) is 10.8 Å². The number of anilines is 1. The molecule has 0 unspecified atom stereocenters. The van der Waals surface area contributed by atoms with Gasteiger partial charge >= 0.3 is 0 Å². The first-order valence-corrected chi connectivity index (χ1v) is 17.9. The third kappa shape index (κ3) is 8.69. The quantitative estimate of drug-likeness (QED) is 0.181. The van der Waals surface area contributed by atoms with E-state index in [2.05, 4.69) is 5.32 Å². The highest BCUT2D eigenvalue weighted by Crippen LogP contribution is 2.27. The van der Waals surface area contributed by atoms with Gasteiger partial charge in [-0.05, 0) is 80.1 Å². The monoisotopic (exact) mass is 651 g/mol. The minimum absolute atomic E-state index is 0.0515. The summed E-state index contributed by atoms with van der Waals surface area (Å²) < 4.78 is 29.7. The van der Waals surface area contributed by atoms with Crippen molar-refractivity contribution >= 4 is 27.5 Å². The first-order valence-electron chi connectivity index (χ1n) is 16.5. The third-order valence-electron chi connectivity index (χ3n) is 9.00. The number of hydrogen-bond acceptors (Lipinski definition) is 4. The molecule has 4 aromatic carbocycles. The summed E-state index contributed by atoms with van der Waals surface area (Å²) in [5.74, 6) is -0.670. The van der Waals surface area contributed by atoms with Gasteiger partial charge in [-0.1, -0.05) is 104 Å². The van der Waals surface area contributed by atoms with Crippen molar-refractivity contribution in [2.45, 2.75) is 82.8 Å². The Hall–Kier alpha value is -4.43. The number of hydrogen-bond donors (Lipinski definition) is 1. The van der Waals surface area contributed by atoms with Gasteiger partial charge in [-0.3, -0.25) is 13.9 Å². The second kappa shape index (κ2) is 15.4. The molecule has 0 heterocycles. The van der Waals surface area contributed by atoms with Gasteiger partial charge in [0, 0.05) is 19.0 Å². The Morgan fingerprint density at radius 2 is 1.47 bits per heavy atom. The molecule has 1 aliphatic rings. The molecule has 1 N–H and O–H groups in total. The van der Waals surface area contributed by atoms with Crippen LogP contribution in [0.15, 0.2) is 108 Å². The number of carbonyl (C=O) groups excluding carboxylic acids is 2. The van der Waals surface area contributed by atoms with E-state index < -0.39 is 28.5 Å². The summed E-state index contributed by atoms with van der Waals surface area (Å²) in [4.78, 5) is 30.7. The second-order valence-corrected chi connectivity index (χ2v) is 14.5. The minimum atomic E-state index is -4.14. The van der Waals surface area contributed by atoms with Crippen molar-refractivity contribution in [2.24, 2.45) is 0 Å². The van der Waals surface area contributed by atoms with E-state index >= 15 is 0 Å². The van der Waals surface area contributed by atoms with Gasteiger partial charge in [0.15, 0.2) is 0 Å². The van der Waals surface area contributed by atoms with Gasteiger partial charge in [-0.25, -0.2) is 8.42 Å². The van der Waals surface area contributed by atoms with Crippen LogP contribution in [0.25, 0.3) is 0 Å². The van der Waals surface area contributed by atoms with Gasteiger partial charge in [0.25, 0.3) is 10.0 Å². The summed E-state index contributed by atoms with van der Waals surface area (Å²) in [6, 6.07) is 30.4. The second-order valence-electron chi connectivity index (χ2n) is 12.7. The molecule has 246 valence electrons. The van der Waals surface area contributed by atoms with Crippen LogP contribution in [-0.4, -0.2) is 43.8 Å². The zero-order valence-corrected chi connectivity index (χ0v) is 28.4. The van der Waals surface area contributed by atoms with Gasteiger partial charge in [0.05, 0.1) is 10.6 Å². The highest BCUT2D eigenvalue weighted by Gasteiger charge is 2.35. The molecular formula is C39H45N3O4S. The van der Waals surface area contributed by atoms with E-state index in [1.807, 2.05) is 81.4 Å². The van der Waals surface area contributed by atoms with Crippen LogP contribution < -0.4 is 9.62 Å². The van der Waals surface area contributed by atoms with E-state index in [1.54, 1.807) is 47.4 Å². The maximum Gasteiger partial charge on any atom is 0.264 e. The number of aryl methyl sites for hydroxylation is 3. The lowest BCUT2D eigenvalue weighted by Crippen LogP contribution is -2.55. The number of carbonyl (C=O) groups is 2. The molecule has 0 aliphatic heterocycles. The van der Waals surface area contributed by atoms with Gasteiger partial charge in [-0.2, -0.15) is 0 Å². The lowest BCUT2D eigenvalue weighted by Gasteiger charge is -2.35. The molecule has 4 aromatic rings. The topological polar surface area (TPSA) is 86.8 Å². The lowest BCUT2D eigenvalue weighted by molar-refractivity contribution is -0.140. The zero-order valence-electron chi connectivity index (χ0n) is 27.6. The number of nitrogens with one attached hydrogen (secondary N) is 1. The fraction of sp³-hybridized carbons (Fsp3) is 0.333. The molecular weight excluding hydrogens is 607 g/mol. The molecule has 1 aliphatic carbocycles. The number of rotatable bonds is 12. The van der Waals surface area contributed by atoms with Gasteiger partial charge < -0.3 is 10.2 Å². The van der Waals surface area contributed by atoms with Crippen molar-refractivity contribution in [3.63, 3.8) is 0 Å². The standard InChI is InChI=1S/C39H45N3O4S/c1-29-21-23-36(24-22-29)47(45,46)42(35-20-12-13-30(2)25-35)28-38(43)41(27-33-17-11-10-14-31(33)3)37(26-32-15-6-4-7-16-32)39(44)40-34-18-8-5-9-19-34/h4,6-7,10-17,20-25,34,37H,5,8-9,18-19,26-28H2,1-3H3,(H,40,44)/t37-/m0/s1. The summed E-state index contributed by atoms with van der Waals surface area (Å²) in [6.45, 7) is 5.46. The summed E-state index contributed by atoms with van der Waals surface area (Å²) >= 11 is 0. The Bertz CT molecular complexity index is 1770. The zero-order chi connectivity index (χ0) is 33.4. The fourth-order valence-electron chi connectivity index (χ4n) is 6.22. The molecule has 0 saturated heterocycles. The van der Waals surface area contributed by atoms with Crippen molar-refractivity contribution in [1.82, 2.24) is 10.2 Å². The van der Waals surface area contributed by atoms with E-state index in [0.717, 1.165) is 59.9 Å². The van der Waals surface area contributed by atoms with Crippen molar-refractivity contribution in [3.05, 3.63) is 131 Å². The third-order valence-corrected chi connectivity index (χ3v) is 10.8. The molecule has 0 aromatic heterocycles. The number of amides is 2. The molecule has 1 fully saturated rings. The largest absolute Gasteiger partial charge is 0.352 e. The van der Waals surface area contributed by atoms with Gasteiger partial charge in [-0.15, -0.1) is 0 Å². The van der Waals surface area contributed by atoms with E-state index in [4.69, 9.17) is 0 Å². The van der Waals surface area contributed by atoms with E-state index in [-0.39, 0.29) is 23.4 Å². The molecule has 2 amide bonds. The number of sulfonamides is 1. The smallest absolute Gasteiger partial charge is 0.264 e. The molecule has 7 nitrogen and oxygen atoms in total. The number of benzene rings is 4. The molecule has 5 rings (SSSR count). The molecule has 1 saturated carbocycles. The Balaban J connectivity index is 1.57. The van der Waals surface area contributed by atoms with Crippen molar-refractivity contribution in [3.8, 4) is 0 Å². The van der Waals surface area contributed by atoms with Gasteiger partial charge in [0.2, 0.25) is 11.8 Å². The molecule has 47 heavy (non-hydrogen) atoms. The average molecular weight is 652 g/mol. The molecule has 0 bridgehead atoms. The lowest BCUT2D eigenvalue weighted by atomic mass is 9.94. The number of nitrogens with zero attached hydrogens (tertiary/aromatic N) is 2. The van der Waals surface area contributed by atoms with Crippen molar-refractivity contribution < 1.29 is 18.0 Å². The van der Waals surface area contributed by atoms with Crippen LogP contribution in [0.3, 0.4) is 0 Å². The van der Waals surface area contributed by atoms with Crippen LogP contribution in [0.2, 0.25) is 0 Å². The summed E-state index contributed by atoms with van der Waals surface area (Å²) in [5.41, 5.74) is 4.98. The first kappa shape index (κ1) is 33.9. The Morgan fingerprint density at radius 1 is 0.787 bits per heavy atom. The van der Waals surface area contributed by atoms with Crippen LogP contribution in [0.1, 0.15) is 59.9 Å². The van der Waals surface area contributed by atoms with Crippen LogP contribution in [0, 0.1) is 20.8 Å². The van der Waals surface area contributed by atoms with Crippen LogP contribution in [-0.2, 0) is 32.6 Å². The summed E-state index contributed by atoms with van der Waals surface area (Å²) in [7, 11) is -4.14. The highest BCUT2D eigenvalue weighted by molar-refractivity contribution is 7.92. The summed E-state index contributed by atoms with van der Waals surface area (Å²) in [5, 5.41) is 3.26. The molecule has 1 atom stereocenters. The Morgan fingerprint density at radius 3 is 2.15 bits per heavy atom. The van der Waals surface area contributed by atoms with E-state index in [9.17, 15) is 18.0 Å². The van der Waals surface area contributed by atoms with Crippen LogP contribution >= 0.6 is 0 Å². The molecule has 8 heteroatoms. The minimum Gasteiger partial charge on any atom is -0.352 e. The highest BCUT2D eigenvalue weighted by atomic mass is 32.2. The SMILES string of the molecule is Cc1ccc(S(=O)(=O)N(CC(=O)N(Cc2ccccc2C)[C@@H](Cc2ccccc2)C(=O)NC2CCCCC2)c2cccc(C)c2)cc1.